The van der Waals surface area contributed by atoms with Crippen LogP contribution in [0.2, 0.25) is 0 Å². The molecule has 0 aliphatic heterocycles. The van der Waals surface area contributed by atoms with E-state index in [9.17, 15) is 19.7 Å². The Bertz CT molecular complexity index is 1060. The van der Waals surface area contributed by atoms with Gasteiger partial charge in [0.1, 0.15) is 12.3 Å². The second-order valence-electron chi connectivity index (χ2n) is 5.42. The number of nitrogens with one attached hydrogen (secondary N) is 1. The van der Waals surface area contributed by atoms with Gasteiger partial charge in [-0.25, -0.2) is 4.98 Å². The fourth-order valence-corrected chi connectivity index (χ4v) is 2.43. The van der Waals surface area contributed by atoms with Crippen LogP contribution >= 0.6 is 0 Å². The molecule has 0 saturated carbocycles. The monoisotopic (exact) mass is 354 g/mol. The summed E-state index contributed by atoms with van der Waals surface area (Å²) in [5, 5.41) is 13.6. The van der Waals surface area contributed by atoms with Gasteiger partial charge in [0, 0.05) is 23.9 Å². The summed E-state index contributed by atoms with van der Waals surface area (Å²) in [6.07, 6.45) is 1.24. The first kappa shape index (κ1) is 17.1. The summed E-state index contributed by atoms with van der Waals surface area (Å²) in [5.74, 6) is 0.145. The van der Waals surface area contributed by atoms with Crippen molar-refractivity contribution < 1.29 is 14.5 Å². The van der Waals surface area contributed by atoms with Crippen LogP contribution in [0.1, 0.15) is 0 Å². The van der Waals surface area contributed by atoms with Crippen LogP contribution in [-0.2, 0) is 11.3 Å². The normalized spacial score (nSPS) is 10.5. The third-order valence-electron chi connectivity index (χ3n) is 3.69. The number of nitro groups is 1. The number of rotatable bonds is 5. The Morgan fingerprint density at radius 3 is 2.85 bits per heavy atom. The first-order chi connectivity index (χ1) is 12.5. The number of non-ortho nitro benzene ring substituents is 1. The molecule has 1 amide bonds. The number of benzene rings is 2. The fourth-order valence-electron chi connectivity index (χ4n) is 2.43. The van der Waals surface area contributed by atoms with Crippen molar-refractivity contribution in [2.24, 2.45) is 0 Å². The number of anilines is 1. The maximum Gasteiger partial charge on any atom is 0.270 e. The minimum atomic E-state index is -0.592. The molecule has 0 fully saturated rings. The molecule has 0 unspecified atom stereocenters. The molecule has 0 spiro atoms. The molecule has 0 atom stereocenters. The summed E-state index contributed by atoms with van der Waals surface area (Å²) < 4.78 is 6.18. The molecule has 0 bridgehead atoms. The van der Waals surface area contributed by atoms with Crippen molar-refractivity contribution >= 4 is 28.2 Å². The molecule has 132 valence electrons. The van der Waals surface area contributed by atoms with E-state index in [0.29, 0.717) is 17.0 Å². The molecule has 1 heterocycles. The van der Waals surface area contributed by atoms with Crippen molar-refractivity contribution in [3.63, 3.8) is 0 Å². The number of carbonyl (C=O) groups is 1. The second-order valence-corrected chi connectivity index (χ2v) is 5.42. The van der Waals surface area contributed by atoms with Crippen LogP contribution in [0.5, 0.6) is 5.75 Å². The van der Waals surface area contributed by atoms with E-state index in [0.717, 1.165) is 10.6 Å². The quantitative estimate of drug-likeness (QED) is 0.553. The molecular formula is C17H14N4O5. The molecule has 9 heteroatoms. The standard InChI is InChI=1S/C17H14N4O5/c1-26-13-4-2-3-11(7-13)19-16(22)9-20-10-18-15-6-5-12(21(24)25)8-14(15)17(20)23/h2-8,10H,9H2,1H3,(H,19,22). The molecule has 3 rings (SSSR count). The van der Waals surface area contributed by atoms with Crippen molar-refractivity contribution in [1.29, 1.82) is 0 Å². The third kappa shape index (κ3) is 3.51. The molecule has 0 saturated heterocycles. The van der Waals surface area contributed by atoms with Gasteiger partial charge in [-0.1, -0.05) is 6.07 Å². The van der Waals surface area contributed by atoms with Crippen LogP contribution in [0.25, 0.3) is 10.9 Å². The highest BCUT2D eigenvalue weighted by atomic mass is 16.6. The number of fused-ring (bicyclic) bond motifs is 1. The Hall–Kier alpha value is -3.75. The van der Waals surface area contributed by atoms with E-state index in [-0.39, 0.29) is 17.6 Å². The predicted octanol–water partition coefficient (Wildman–Crippen LogP) is 1.95. The lowest BCUT2D eigenvalue weighted by atomic mass is 10.2. The molecule has 0 radical (unpaired) electrons. The summed E-state index contributed by atoms with van der Waals surface area (Å²) in [6, 6.07) is 10.6. The Balaban J connectivity index is 1.85. The van der Waals surface area contributed by atoms with Crippen LogP contribution in [0.3, 0.4) is 0 Å². The van der Waals surface area contributed by atoms with Gasteiger partial charge in [-0.15, -0.1) is 0 Å². The van der Waals surface area contributed by atoms with Crippen LogP contribution in [0.4, 0.5) is 11.4 Å². The molecule has 3 aromatic rings. The highest BCUT2D eigenvalue weighted by Crippen LogP contribution is 2.17. The maximum atomic E-state index is 12.5. The molecule has 1 aromatic heterocycles. The van der Waals surface area contributed by atoms with Gasteiger partial charge in [0.25, 0.3) is 11.2 Å². The predicted molar refractivity (Wildman–Crippen MR) is 94.3 cm³/mol. The lowest BCUT2D eigenvalue weighted by Crippen LogP contribution is -2.27. The average molecular weight is 354 g/mol. The summed E-state index contributed by atoms with van der Waals surface area (Å²) in [6.45, 7) is -0.276. The summed E-state index contributed by atoms with van der Waals surface area (Å²) in [4.78, 5) is 39.0. The van der Waals surface area contributed by atoms with Crippen LogP contribution in [-0.4, -0.2) is 27.5 Å². The molecular weight excluding hydrogens is 340 g/mol. The summed E-state index contributed by atoms with van der Waals surface area (Å²) in [7, 11) is 1.51. The third-order valence-corrected chi connectivity index (χ3v) is 3.69. The van der Waals surface area contributed by atoms with E-state index in [4.69, 9.17) is 4.74 Å². The second kappa shape index (κ2) is 7.01. The number of methoxy groups -OCH3 is 1. The van der Waals surface area contributed by atoms with Gasteiger partial charge < -0.3 is 10.1 Å². The van der Waals surface area contributed by atoms with E-state index in [2.05, 4.69) is 10.3 Å². The Labute approximate surface area is 147 Å². The zero-order valence-electron chi connectivity index (χ0n) is 13.7. The van der Waals surface area contributed by atoms with Gasteiger partial charge in [-0.3, -0.25) is 24.3 Å². The van der Waals surface area contributed by atoms with Gasteiger partial charge in [0.2, 0.25) is 5.91 Å². The number of hydrogen-bond acceptors (Lipinski definition) is 6. The van der Waals surface area contributed by atoms with Gasteiger partial charge in [0.05, 0.1) is 29.3 Å². The van der Waals surface area contributed by atoms with E-state index < -0.39 is 16.4 Å². The first-order valence-corrected chi connectivity index (χ1v) is 7.55. The number of ether oxygens (including phenoxy) is 1. The summed E-state index contributed by atoms with van der Waals surface area (Å²) >= 11 is 0. The largest absolute Gasteiger partial charge is 0.497 e. The highest BCUT2D eigenvalue weighted by Gasteiger charge is 2.12. The van der Waals surface area contributed by atoms with Crippen LogP contribution < -0.4 is 15.6 Å². The topological polar surface area (TPSA) is 116 Å². The van der Waals surface area contributed by atoms with Crippen molar-refractivity contribution in [2.45, 2.75) is 6.54 Å². The average Bonchev–Trinajstić information content (AvgIpc) is 2.64. The van der Waals surface area contributed by atoms with E-state index in [1.54, 1.807) is 24.3 Å². The molecule has 1 N–H and O–H groups in total. The molecule has 26 heavy (non-hydrogen) atoms. The lowest BCUT2D eigenvalue weighted by molar-refractivity contribution is -0.384. The zero-order valence-corrected chi connectivity index (χ0v) is 13.7. The van der Waals surface area contributed by atoms with E-state index >= 15 is 0 Å². The number of nitrogens with zero attached hydrogens (tertiary/aromatic N) is 3. The lowest BCUT2D eigenvalue weighted by Gasteiger charge is -2.09. The molecule has 0 aliphatic carbocycles. The first-order valence-electron chi connectivity index (χ1n) is 7.55. The van der Waals surface area contributed by atoms with Crippen molar-refractivity contribution in [3.05, 3.63) is 69.3 Å². The number of hydrogen-bond donors (Lipinski definition) is 1. The van der Waals surface area contributed by atoms with Crippen LogP contribution in [0.15, 0.2) is 53.6 Å². The Kier molecular flexibility index (Phi) is 4.61. The minimum absolute atomic E-state index is 0.0795. The Morgan fingerprint density at radius 1 is 1.31 bits per heavy atom. The van der Waals surface area contributed by atoms with Crippen molar-refractivity contribution in [1.82, 2.24) is 9.55 Å². The fraction of sp³-hybridized carbons (Fsp3) is 0.118. The number of amides is 1. The molecule has 0 aliphatic rings. The van der Waals surface area contributed by atoms with Crippen molar-refractivity contribution in [2.75, 3.05) is 12.4 Å². The number of aromatic nitrogens is 2. The smallest absolute Gasteiger partial charge is 0.270 e. The number of nitro benzene ring substituents is 1. The summed E-state index contributed by atoms with van der Waals surface area (Å²) in [5.41, 5.74) is 0.103. The van der Waals surface area contributed by atoms with Gasteiger partial charge in [-0.05, 0) is 18.2 Å². The minimum Gasteiger partial charge on any atom is -0.497 e. The van der Waals surface area contributed by atoms with E-state index in [1.165, 1.54) is 25.6 Å². The maximum absolute atomic E-state index is 12.5. The van der Waals surface area contributed by atoms with Gasteiger partial charge >= 0.3 is 0 Å². The van der Waals surface area contributed by atoms with Crippen LogP contribution in [0, 0.1) is 10.1 Å². The number of carbonyl (C=O) groups excluding carboxylic acids is 1. The Morgan fingerprint density at radius 2 is 2.12 bits per heavy atom. The van der Waals surface area contributed by atoms with E-state index in [1.807, 2.05) is 0 Å². The highest BCUT2D eigenvalue weighted by molar-refractivity contribution is 5.91. The molecule has 2 aromatic carbocycles. The van der Waals surface area contributed by atoms with Gasteiger partial charge in [0.15, 0.2) is 0 Å². The van der Waals surface area contributed by atoms with Crippen molar-refractivity contribution in [3.8, 4) is 5.75 Å². The zero-order chi connectivity index (χ0) is 18.7. The SMILES string of the molecule is COc1cccc(NC(=O)Cn2cnc3ccc([N+](=O)[O-])cc3c2=O)c1. The van der Waals surface area contributed by atoms with Gasteiger partial charge in [-0.2, -0.15) is 0 Å². The molecule has 9 nitrogen and oxygen atoms in total.